The van der Waals surface area contributed by atoms with Crippen LogP contribution in [0.4, 0.5) is 0 Å². The van der Waals surface area contributed by atoms with Crippen molar-refractivity contribution in [2.75, 3.05) is 19.6 Å². The van der Waals surface area contributed by atoms with Crippen molar-refractivity contribution in [2.24, 2.45) is 0 Å². The molecule has 1 N–H and O–H groups in total. The van der Waals surface area contributed by atoms with Crippen LogP contribution in [0.1, 0.15) is 47.9 Å². The number of carbonyl (C=O) groups excluding carboxylic acids is 2. The summed E-state index contributed by atoms with van der Waals surface area (Å²) in [6.07, 6.45) is 3.64. The molecule has 1 saturated heterocycles. The van der Waals surface area contributed by atoms with Crippen LogP contribution in [-0.4, -0.2) is 52.2 Å². The first-order valence-corrected chi connectivity index (χ1v) is 7.81. The van der Waals surface area contributed by atoms with Gasteiger partial charge in [0.25, 0.3) is 5.91 Å². The van der Waals surface area contributed by atoms with Gasteiger partial charge >= 0.3 is 0 Å². The van der Waals surface area contributed by atoms with E-state index in [9.17, 15) is 9.59 Å². The largest absolute Gasteiger partial charge is 0.352 e. The zero-order valence-corrected chi connectivity index (χ0v) is 13.6. The van der Waals surface area contributed by atoms with E-state index < -0.39 is 0 Å². The van der Waals surface area contributed by atoms with Crippen LogP contribution in [0.25, 0.3) is 0 Å². The summed E-state index contributed by atoms with van der Waals surface area (Å²) in [5.41, 5.74) is 1.97. The molecule has 2 rings (SSSR count). The summed E-state index contributed by atoms with van der Waals surface area (Å²) < 4.78 is 0. The van der Waals surface area contributed by atoms with Crippen molar-refractivity contribution in [3.63, 3.8) is 0 Å². The molecule has 1 aromatic heterocycles. The number of hydrogen-bond acceptors (Lipinski definition) is 5. The molecule has 1 fully saturated rings. The number of piperidine rings is 1. The quantitative estimate of drug-likeness (QED) is 0.886. The molecule has 0 aliphatic carbocycles. The molecule has 0 radical (unpaired) electrons. The monoisotopic (exact) mass is 304 g/mol. The summed E-state index contributed by atoms with van der Waals surface area (Å²) in [6, 6.07) is 0.364. The molecular weight excluding hydrogens is 280 g/mol. The molecule has 6 heteroatoms. The lowest BCUT2D eigenvalue weighted by Gasteiger charge is -2.31. The second-order valence-corrected chi connectivity index (χ2v) is 5.89. The molecule has 0 spiro atoms. The topological polar surface area (TPSA) is 75.2 Å². The molecule has 6 nitrogen and oxygen atoms in total. The van der Waals surface area contributed by atoms with E-state index in [1.165, 1.54) is 6.33 Å². The van der Waals surface area contributed by atoms with E-state index in [1.807, 2.05) is 13.8 Å². The molecule has 1 unspecified atom stereocenters. The predicted molar refractivity (Wildman–Crippen MR) is 83.7 cm³/mol. The number of nitrogens with zero attached hydrogens (tertiary/aromatic N) is 3. The fraction of sp³-hybridized carbons (Fsp3) is 0.625. The Morgan fingerprint density at radius 3 is 2.45 bits per heavy atom. The average Bonchev–Trinajstić information content (AvgIpc) is 2.47. The maximum atomic E-state index is 12.2. The number of rotatable bonds is 5. The summed E-state index contributed by atoms with van der Waals surface area (Å²) in [7, 11) is 0. The van der Waals surface area contributed by atoms with Crippen molar-refractivity contribution < 1.29 is 9.59 Å². The number of hydrogen-bond donors (Lipinski definition) is 1. The van der Waals surface area contributed by atoms with Gasteiger partial charge < -0.3 is 5.32 Å². The molecule has 0 bridgehead atoms. The third-order valence-electron chi connectivity index (χ3n) is 4.28. The molecular formula is C16H24N4O2. The van der Waals surface area contributed by atoms with Gasteiger partial charge in [-0.2, -0.15) is 0 Å². The Kier molecular flexibility index (Phi) is 5.60. The Morgan fingerprint density at radius 1 is 1.27 bits per heavy atom. The zero-order chi connectivity index (χ0) is 16.1. The zero-order valence-electron chi connectivity index (χ0n) is 13.6. The van der Waals surface area contributed by atoms with Crippen molar-refractivity contribution in [3.8, 4) is 0 Å². The minimum Gasteiger partial charge on any atom is -0.352 e. The maximum absolute atomic E-state index is 12.2. The highest BCUT2D eigenvalue weighted by Crippen LogP contribution is 2.12. The summed E-state index contributed by atoms with van der Waals surface area (Å²) in [5, 5.41) is 2.95. The number of Topliss-reactive ketones (excluding diaryl/α,β-unsaturated/α-hetero) is 1. The second kappa shape index (κ2) is 7.45. The molecule has 1 aliphatic heterocycles. The van der Waals surface area contributed by atoms with Gasteiger partial charge in [0, 0.05) is 38.5 Å². The molecule has 1 aliphatic rings. The lowest BCUT2D eigenvalue weighted by Crippen LogP contribution is -2.41. The lowest BCUT2D eigenvalue weighted by molar-refractivity contribution is -0.121. The van der Waals surface area contributed by atoms with Crippen molar-refractivity contribution in [1.82, 2.24) is 20.2 Å². The Balaban J connectivity index is 1.81. The normalized spacial score (nSPS) is 17.3. The molecule has 2 heterocycles. The second-order valence-electron chi connectivity index (χ2n) is 5.89. The molecule has 120 valence electrons. The van der Waals surface area contributed by atoms with Crippen LogP contribution in [0.2, 0.25) is 0 Å². The molecule has 1 amide bonds. The van der Waals surface area contributed by atoms with Gasteiger partial charge in [-0.05, 0) is 27.2 Å². The fourth-order valence-corrected chi connectivity index (χ4v) is 2.80. The number of amides is 1. The van der Waals surface area contributed by atoms with E-state index in [-0.39, 0.29) is 5.91 Å². The third-order valence-corrected chi connectivity index (χ3v) is 4.28. The summed E-state index contributed by atoms with van der Waals surface area (Å²) in [4.78, 5) is 34.0. The van der Waals surface area contributed by atoms with Gasteiger partial charge in [-0.25, -0.2) is 9.97 Å². The van der Waals surface area contributed by atoms with E-state index in [2.05, 4.69) is 27.1 Å². The Bertz CT molecular complexity index is 529. The minimum atomic E-state index is -0.114. The lowest BCUT2D eigenvalue weighted by atomic mass is 10.1. The molecule has 1 aromatic rings. The first-order chi connectivity index (χ1) is 10.5. The van der Waals surface area contributed by atoms with Crippen LogP contribution in [0.15, 0.2) is 6.33 Å². The van der Waals surface area contributed by atoms with Gasteiger partial charge in [-0.15, -0.1) is 0 Å². The van der Waals surface area contributed by atoms with Crippen LogP contribution < -0.4 is 5.32 Å². The number of likely N-dealkylation sites (tertiary alicyclic amines) is 1. The standard InChI is InChI=1S/C16H24N4O2/c1-11(20-8-5-14(21)6-9-20)4-7-17-16(22)15-12(2)18-10-19-13(15)3/h10-11H,4-9H2,1-3H3,(H,17,22). The van der Waals surface area contributed by atoms with E-state index in [0.29, 0.717) is 48.2 Å². The van der Waals surface area contributed by atoms with Crippen molar-refractivity contribution >= 4 is 11.7 Å². The predicted octanol–water partition coefficient (Wildman–Crippen LogP) is 1.27. The van der Waals surface area contributed by atoms with Gasteiger partial charge in [0.05, 0.1) is 17.0 Å². The number of aromatic nitrogens is 2. The van der Waals surface area contributed by atoms with Gasteiger partial charge in [0.1, 0.15) is 12.1 Å². The first kappa shape index (κ1) is 16.5. The summed E-state index contributed by atoms with van der Waals surface area (Å²) >= 11 is 0. The number of carbonyl (C=O) groups is 2. The maximum Gasteiger partial charge on any atom is 0.254 e. The molecule has 0 aromatic carbocycles. The van der Waals surface area contributed by atoms with Crippen molar-refractivity contribution in [1.29, 1.82) is 0 Å². The number of aryl methyl sites for hydroxylation is 2. The van der Waals surface area contributed by atoms with Gasteiger partial charge in [-0.1, -0.05) is 0 Å². The fourth-order valence-electron chi connectivity index (χ4n) is 2.80. The third kappa shape index (κ3) is 4.10. The highest BCUT2D eigenvalue weighted by molar-refractivity contribution is 5.96. The molecule has 1 atom stereocenters. The van der Waals surface area contributed by atoms with E-state index >= 15 is 0 Å². The van der Waals surface area contributed by atoms with Gasteiger partial charge in [0.2, 0.25) is 0 Å². The Morgan fingerprint density at radius 2 is 1.86 bits per heavy atom. The van der Waals surface area contributed by atoms with Crippen LogP contribution in [0.3, 0.4) is 0 Å². The van der Waals surface area contributed by atoms with Crippen molar-refractivity contribution in [2.45, 2.75) is 46.1 Å². The van der Waals surface area contributed by atoms with Crippen molar-refractivity contribution in [3.05, 3.63) is 23.3 Å². The van der Waals surface area contributed by atoms with Crippen LogP contribution in [0, 0.1) is 13.8 Å². The highest BCUT2D eigenvalue weighted by Gasteiger charge is 2.21. The molecule has 0 saturated carbocycles. The van der Waals surface area contributed by atoms with Crippen LogP contribution in [0.5, 0.6) is 0 Å². The highest BCUT2D eigenvalue weighted by atomic mass is 16.1. The smallest absolute Gasteiger partial charge is 0.254 e. The van der Waals surface area contributed by atoms with Crippen LogP contribution >= 0.6 is 0 Å². The summed E-state index contributed by atoms with van der Waals surface area (Å²) in [5.74, 6) is 0.239. The average molecular weight is 304 g/mol. The van der Waals surface area contributed by atoms with E-state index in [0.717, 1.165) is 19.5 Å². The van der Waals surface area contributed by atoms with Gasteiger partial charge in [-0.3, -0.25) is 14.5 Å². The number of nitrogens with one attached hydrogen (secondary N) is 1. The van der Waals surface area contributed by atoms with E-state index in [4.69, 9.17) is 0 Å². The Labute approximate surface area is 131 Å². The Hall–Kier alpha value is -1.82. The summed E-state index contributed by atoms with van der Waals surface area (Å²) in [6.45, 7) is 8.05. The van der Waals surface area contributed by atoms with Gasteiger partial charge in [0.15, 0.2) is 0 Å². The number of ketones is 1. The van der Waals surface area contributed by atoms with E-state index in [1.54, 1.807) is 0 Å². The van der Waals surface area contributed by atoms with Crippen LogP contribution in [-0.2, 0) is 4.79 Å². The SMILES string of the molecule is Cc1ncnc(C)c1C(=O)NCCC(C)N1CCC(=O)CC1. The minimum absolute atomic E-state index is 0.114. The first-order valence-electron chi connectivity index (χ1n) is 7.81. The molecule has 22 heavy (non-hydrogen) atoms.